The van der Waals surface area contributed by atoms with Crippen LogP contribution in [0.4, 0.5) is 5.69 Å². The van der Waals surface area contributed by atoms with E-state index in [9.17, 15) is 9.59 Å². The number of carbonyl (C=O) groups is 2. The molecule has 1 amide bonds. The Balaban J connectivity index is 2.02. The lowest BCUT2D eigenvalue weighted by Gasteiger charge is -2.38. The van der Waals surface area contributed by atoms with E-state index in [0.717, 1.165) is 31.9 Å². The molecule has 1 fully saturated rings. The quantitative estimate of drug-likeness (QED) is 0.676. The number of rotatable bonds is 8. The third kappa shape index (κ3) is 6.49. The second-order valence-corrected chi connectivity index (χ2v) is 7.91. The molecule has 1 unspecified atom stereocenters. The number of hydrogen-bond acceptors (Lipinski definition) is 6. The largest absolute Gasteiger partial charge is 0.455 e. The zero-order chi connectivity index (χ0) is 20.7. The topological polar surface area (TPSA) is 65.1 Å². The molecule has 1 heterocycles. The highest BCUT2D eigenvalue weighted by Gasteiger charge is 2.24. The molecule has 7 heteroatoms. The number of nitrogens with one attached hydrogen (secondary N) is 1. The van der Waals surface area contributed by atoms with Gasteiger partial charge < -0.3 is 19.9 Å². The predicted molar refractivity (Wildman–Crippen MR) is 111 cm³/mol. The summed E-state index contributed by atoms with van der Waals surface area (Å²) in [6, 6.07) is 8.55. The second-order valence-electron chi connectivity index (χ2n) is 7.91. The van der Waals surface area contributed by atoms with Gasteiger partial charge in [-0.1, -0.05) is 26.0 Å². The van der Waals surface area contributed by atoms with Crippen molar-refractivity contribution in [3.05, 3.63) is 29.8 Å². The molecular weight excluding hydrogens is 356 g/mol. The van der Waals surface area contributed by atoms with Crippen molar-refractivity contribution in [1.82, 2.24) is 15.1 Å². The van der Waals surface area contributed by atoms with Gasteiger partial charge in [-0.05, 0) is 24.7 Å². The summed E-state index contributed by atoms with van der Waals surface area (Å²) in [7, 11) is 6.17. The van der Waals surface area contributed by atoms with Crippen LogP contribution in [0, 0.1) is 5.92 Å². The summed E-state index contributed by atoms with van der Waals surface area (Å²) in [4.78, 5) is 30.5. The molecule has 0 aliphatic carbocycles. The Morgan fingerprint density at radius 3 is 2.25 bits per heavy atom. The summed E-state index contributed by atoms with van der Waals surface area (Å²) in [6.07, 6.45) is 0. The van der Waals surface area contributed by atoms with Crippen molar-refractivity contribution in [2.75, 3.05) is 65.4 Å². The van der Waals surface area contributed by atoms with E-state index in [1.165, 1.54) is 5.56 Å². The van der Waals surface area contributed by atoms with E-state index in [2.05, 4.69) is 51.3 Å². The molecule has 1 aliphatic rings. The third-order valence-corrected chi connectivity index (χ3v) is 5.08. The average molecular weight is 391 g/mol. The fourth-order valence-corrected chi connectivity index (χ4v) is 3.15. The van der Waals surface area contributed by atoms with Gasteiger partial charge in [0.1, 0.15) is 0 Å². The predicted octanol–water partition coefficient (Wildman–Crippen LogP) is 1.36. The van der Waals surface area contributed by atoms with Crippen LogP contribution < -0.4 is 10.2 Å². The van der Waals surface area contributed by atoms with Gasteiger partial charge in [0.25, 0.3) is 5.91 Å². The second kappa shape index (κ2) is 10.4. The Hall–Kier alpha value is -2.12. The number of hydrogen-bond donors (Lipinski definition) is 1. The van der Waals surface area contributed by atoms with Crippen molar-refractivity contribution in [2.45, 2.75) is 19.9 Å². The van der Waals surface area contributed by atoms with Gasteiger partial charge >= 0.3 is 5.97 Å². The zero-order valence-corrected chi connectivity index (χ0v) is 17.8. The highest BCUT2D eigenvalue weighted by atomic mass is 16.5. The first kappa shape index (κ1) is 22.2. The van der Waals surface area contributed by atoms with Gasteiger partial charge in [0.05, 0.1) is 12.0 Å². The van der Waals surface area contributed by atoms with E-state index < -0.39 is 0 Å². The summed E-state index contributed by atoms with van der Waals surface area (Å²) in [5, 5.41) is 2.94. The Morgan fingerprint density at radius 1 is 1.11 bits per heavy atom. The van der Waals surface area contributed by atoms with Crippen molar-refractivity contribution in [3.8, 4) is 0 Å². The van der Waals surface area contributed by atoms with E-state index in [4.69, 9.17) is 4.74 Å². The number of nitrogens with zero attached hydrogens (tertiary/aromatic N) is 3. The first-order valence-electron chi connectivity index (χ1n) is 9.91. The van der Waals surface area contributed by atoms with Crippen LogP contribution in [0.25, 0.3) is 0 Å². The highest BCUT2D eigenvalue weighted by Crippen LogP contribution is 2.24. The van der Waals surface area contributed by atoms with Crippen molar-refractivity contribution in [3.63, 3.8) is 0 Å². The summed E-state index contributed by atoms with van der Waals surface area (Å²) >= 11 is 0. The third-order valence-electron chi connectivity index (χ3n) is 5.08. The SMILES string of the molecule is CC(C)C(=O)OCC(=O)NCC(c1ccc(N(C)C)cc1)N1CCN(C)CC1. The van der Waals surface area contributed by atoms with Crippen LogP contribution in [0.5, 0.6) is 0 Å². The van der Waals surface area contributed by atoms with E-state index >= 15 is 0 Å². The Bertz CT molecular complexity index is 638. The minimum Gasteiger partial charge on any atom is -0.455 e. The molecule has 7 nitrogen and oxygen atoms in total. The van der Waals surface area contributed by atoms with E-state index in [1.807, 2.05) is 14.1 Å². The molecule has 0 saturated carbocycles. The minimum atomic E-state index is -0.356. The lowest BCUT2D eigenvalue weighted by Crippen LogP contribution is -2.48. The molecule has 1 saturated heterocycles. The number of anilines is 1. The molecule has 0 radical (unpaired) electrons. The maximum absolute atomic E-state index is 12.2. The van der Waals surface area contributed by atoms with Crippen molar-refractivity contribution >= 4 is 17.6 Å². The molecule has 1 aromatic carbocycles. The van der Waals surface area contributed by atoms with Crippen molar-refractivity contribution < 1.29 is 14.3 Å². The van der Waals surface area contributed by atoms with E-state index in [-0.39, 0.29) is 30.4 Å². The minimum absolute atomic E-state index is 0.0923. The lowest BCUT2D eigenvalue weighted by molar-refractivity contribution is -0.151. The Labute approximate surface area is 168 Å². The lowest BCUT2D eigenvalue weighted by atomic mass is 10.0. The van der Waals surface area contributed by atoms with Gasteiger partial charge in [-0.3, -0.25) is 14.5 Å². The monoisotopic (exact) mass is 390 g/mol. The molecule has 1 aliphatic heterocycles. The number of piperazine rings is 1. The van der Waals surface area contributed by atoms with E-state index in [0.29, 0.717) is 6.54 Å². The summed E-state index contributed by atoms with van der Waals surface area (Å²) in [5.41, 5.74) is 2.32. The van der Waals surface area contributed by atoms with Crippen LogP contribution in [0.3, 0.4) is 0 Å². The smallest absolute Gasteiger partial charge is 0.308 e. The zero-order valence-electron chi connectivity index (χ0n) is 17.8. The number of likely N-dealkylation sites (N-methyl/N-ethyl adjacent to an activating group) is 1. The molecular formula is C21H34N4O3. The Morgan fingerprint density at radius 2 is 1.71 bits per heavy atom. The van der Waals surface area contributed by atoms with Crippen LogP contribution in [0.1, 0.15) is 25.5 Å². The van der Waals surface area contributed by atoms with Gasteiger partial charge in [0, 0.05) is 52.5 Å². The molecule has 1 N–H and O–H groups in total. The molecule has 156 valence electrons. The van der Waals surface area contributed by atoms with Gasteiger partial charge in [0.15, 0.2) is 6.61 Å². The van der Waals surface area contributed by atoms with Crippen LogP contribution in [-0.2, 0) is 14.3 Å². The Kier molecular flexibility index (Phi) is 8.26. The fourth-order valence-electron chi connectivity index (χ4n) is 3.15. The van der Waals surface area contributed by atoms with Crippen LogP contribution in [0.15, 0.2) is 24.3 Å². The fraction of sp³-hybridized carbons (Fsp3) is 0.619. The number of carbonyl (C=O) groups excluding carboxylic acids is 2. The first-order valence-corrected chi connectivity index (χ1v) is 9.91. The maximum atomic E-state index is 12.2. The molecule has 0 bridgehead atoms. The van der Waals surface area contributed by atoms with Gasteiger partial charge in [-0.15, -0.1) is 0 Å². The normalized spacial score (nSPS) is 16.6. The maximum Gasteiger partial charge on any atom is 0.308 e. The van der Waals surface area contributed by atoms with Gasteiger partial charge in [-0.2, -0.15) is 0 Å². The van der Waals surface area contributed by atoms with Crippen molar-refractivity contribution in [2.24, 2.45) is 5.92 Å². The number of ether oxygens (including phenoxy) is 1. The van der Waals surface area contributed by atoms with Gasteiger partial charge in [0.2, 0.25) is 0 Å². The number of amides is 1. The highest BCUT2D eigenvalue weighted by molar-refractivity contribution is 5.81. The molecule has 1 atom stereocenters. The van der Waals surface area contributed by atoms with Crippen LogP contribution in [-0.4, -0.2) is 82.1 Å². The summed E-state index contributed by atoms with van der Waals surface area (Å²) in [6.45, 7) is 7.68. The number of esters is 1. The molecule has 0 spiro atoms. The average Bonchev–Trinajstić information content (AvgIpc) is 2.67. The van der Waals surface area contributed by atoms with E-state index in [1.54, 1.807) is 13.8 Å². The molecule has 1 aromatic rings. The first-order chi connectivity index (χ1) is 13.3. The summed E-state index contributed by atoms with van der Waals surface area (Å²) in [5.74, 6) is -0.857. The number of benzene rings is 1. The van der Waals surface area contributed by atoms with Crippen LogP contribution in [0.2, 0.25) is 0 Å². The summed E-state index contributed by atoms with van der Waals surface area (Å²) < 4.78 is 5.03. The van der Waals surface area contributed by atoms with Crippen LogP contribution >= 0.6 is 0 Å². The molecule has 0 aromatic heterocycles. The van der Waals surface area contributed by atoms with Gasteiger partial charge in [-0.25, -0.2) is 0 Å². The molecule has 2 rings (SSSR count). The van der Waals surface area contributed by atoms with Crippen molar-refractivity contribution in [1.29, 1.82) is 0 Å². The standard InChI is InChI=1S/C21H34N4O3/c1-16(2)21(27)28-15-20(26)22-14-19(25-12-10-24(5)11-13-25)17-6-8-18(9-7-17)23(3)4/h6-9,16,19H,10-15H2,1-5H3,(H,22,26). The molecule has 28 heavy (non-hydrogen) atoms.